The number of unbranched alkanes of at least 4 members (excludes halogenated alkanes) is 26. The maximum Gasteiger partial charge on any atom is 0.397 e. The van der Waals surface area contributed by atoms with Crippen molar-refractivity contribution in [2.45, 2.75) is 206 Å². The number of hydrogen-bond donors (Lipinski definition) is 1. The van der Waals surface area contributed by atoms with Crippen LogP contribution in [0.25, 0.3) is 0 Å². The van der Waals surface area contributed by atoms with Gasteiger partial charge in [-0.25, -0.2) is 4.18 Å². The Morgan fingerprint density at radius 3 is 0.897 bits per heavy atom. The normalized spacial score (nSPS) is 12.1. The molecule has 0 aliphatic heterocycles. The highest BCUT2D eigenvalue weighted by atomic mass is 32.3. The Balaban J connectivity index is 3.69. The maximum absolute atomic E-state index is 11.1. The molecule has 0 spiro atoms. The van der Waals surface area contributed by atoms with Crippen molar-refractivity contribution in [2.75, 3.05) is 6.61 Å². The smallest absolute Gasteiger partial charge is 0.264 e. The molecular weight excluding hydrogens is 504 g/mol. The van der Waals surface area contributed by atoms with E-state index in [1.807, 2.05) is 0 Å². The average Bonchev–Trinajstić information content (AvgIpc) is 2.91. The monoisotopic (exact) mass is 574 g/mol. The van der Waals surface area contributed by atoms with Gasteiger partial charge in [-0.1, -0.05) is 194 Å². The molecule has 4 nitrogen and oxygen atoms in total. The van der Waals surface area contributed by atoms with Crippen LogP contribution in [0.4, 0.5) is 0 Å². The molecule has 0 bridgehead atoms. The molecule has 0 saturated heterocycles. The highest BCUT2D eigenvalue weighted by Gasteiger charge is 2.13. The maximum atomic E-state index is 11.1. The summed E-state index contributed by atoms with van der Waals surface area (Å²) >= 11 is 0. The Labute approximate surface area is 246 Å². The third-order valence-electron chi connectivity index (χ3n) is 8.38. The number of rotatable bonds is 33. The second-order valence-electron chi connectivity index (χ2n) is 12.3. The van der Waals surface area contributed by atoms with Crippen molar-refractivity contribution in [3.8, 4) is 0 Å². The fourth-order valence-corrected chi connectivity index (χ4v) is 6.11. The molecule has 0 aromatic rings. The largest absolute Gasteiger partial charge is 0.397 e. The van der Waals surface area contributed by atoms with Crippen LogP contribution in [0.2, 0.25) is 0 Å². The third kappa shape index (κ3) is 34.0. The average molecular weight is 575 g/mol. The van der Waals surface area contributed by atoms with Gasteiger partial charge >= 0.3 is 10.4 Å². The minimum absolute atomic E-state index is 0.135. The summed E-state index contributed by atoms with van der Waals surface area (Å²) in [4.78, 5) is 0. The Morgan fingerprint density at radius 1 is 0.436 bits per heavy atom. The van der Waals surface area contributed by atoms with Crippen LogP contribution in [0.3, 0.4) is 0 Å². The molecule has 0 aromatic heterocycles. The molecule has 0 fully saturated rings. The van der Waals surface area contributed by atoms with Crippen molar-refractivity contribution in [3.05, 3.63) is 0 Å². The van der Waals surface area contributed by atoms with Crippen LogP contribution in [-0.4, -0.2) is 19.6 Å². The van der Waals surface area contributed by atoms with E-state index >= 15 is 0 Å². The second-order valence-corrected chi connectivity index (χ2v) is 13.4. The molecule has 0 aliphatic carbocycles. The van der Waals surface area contributed by atoms with E-state index in [1.165, 1.54) is 167 Å². The van der Waals surface area contributed by atoms with Crippen LogP contribution in [0.5, 0.6) is 0 Å². The first-order valence-corrected chi connectivity index (χ1v) is 19.0. The molecule has 0 unspecified atom stereocenters. The Kier molecular flexibility index (Phi) is 30.7. The van der Waals surface area contributed by atoms with Gasteiger partial charge in [0.1, 0.15) is 0 Å². The van der Waals surface area contributed by atoms with Gasteiger partial charge in [-0.2, -0.15) is 8.42 Å². The lowest BCUT2D eigenvalue weighted by Gasteiger charge is -2.16. The van der Waals surface area contributed by atoms with Gasteiger partial charge in [0.05, 0.1) is 6.61 Å². The number of hydrogen-bond acceptors (Lipinski definition) is 3. The third-order valence-corrected chi connectivity index (χ3v) is 8.82. The van der Waals surface area contributed by atoms with Crippen LogP contribution >= 0.6 is 0 Å². The van der Waals surface area contributed by atoms with Gasteiger partial charge < -0.3 is 0 Å². The van der Waals surface area contributed by atoms with Crippen molar-refractivity contribution in [3.63, 3.8) is 0 Å². The van der Waals surface area contributed by atoms with Crippen molar-refractivity contribution in [1.29, 1.82) is 0 Å². The molecule has 1 N–H and O–H groups in total. The van der Waals surface area contributed by atoms with E-state index in [4.69, 9.17) is 8.74 Å². The van der Waals surface area contributed by atoms with Crippen LogP contribution in [0, 0.1) is 5.92 Å². The van der Waals surface area contributed by atoms with E-state index in [-0.39, 0.29) is 12.5 Å². The highest BCUT2D eigenvalue weighted by Crippen LogP contribution is 2.21. The van der Waals surface area contributed by atoms with Crippen LogP contribution in [0.1, 0.15) is 206 Å². The zero-order chi connectivity index (χ0) is 28.7. The lowest BCUT2D eigenvalue weighted by molar-refractivity contribution is 0.204. The first-order valence-electron chi connectivity index (χ1n) is 17.6. The van der Waals surface area contributed by atoms with Crippen LogP contribution in [0.15, 0.2) is 0 Å². The predicted molar refractivity (Wildman–Crippen MR) is 171 cm³/mol. The molecule has 0 rings (SSSR count). The van der Waals surface area contributed by atoms with Gasteiger partial charge in [0, 0.05) is 0 Å². The standard InChI is InChI=1S/C34H70O4S/c1-3-5-7-9-11-13-15-17-19-21-23-25-27-29-31-34(33-38-39(35,36)37)32-30-28-26-24-22-20-18-16-14-12-10-8-6-4-2/h34H,3-33H2,1-2H3,(H,35,36,37). The van der Waals surface area contributed by atoms with E-state index in [9.17, 15) is 8.42 Å². The van der Waals surface area contributed by atoms with Gasteiger partial charge in [-0.15, -0.1) is 0 Å². The summed E-state index contributed by atoms with van der Waals surface area (Å²) in [5.41, 5.74) is 0. The minimum atomic E-state index is -4.34. The lowest BCUT2D eigenvalue weighted by Crippen LogP contribution is -2.14. The van der Waals surface area contributed by atoms with Crippen LogP contribution < -0.4 is 0 Å². The highest BCUT2D eigenvalue weighted by molar-refractivity contribution is 7.80. The summed E-state index contributed by atoms with van der Waals surface area (Å²) in [6.07, 6.45) is 39.8. The SMILES string of the molecule is CCCCCCCCCCCCCCCCC(CCCCCCCCCCCCCCCC)COS(=O)(=O)O. The molecule has 5 heteroatoms. The summed E-state index contributed by atoms with van der Waals surface area (Å²) in [6.45, 7) is 4.69. The summed E-state index contributed by atoms with van der Waals surface area (Å²) in [5.74, 6) is 0.238. The topological polar surface area (TPSA) is 63.6 Å². The minimum Gasteiger partial charge on any atom is -0.264 e. The molecule has 236 valence electrons. The molecule has 39 heavy (non-hydrogen) atoms. The Morgan fingerprint density at radius 2 is 0.667 bits per heavy atom. The summed E-state index contributed by atoms with van der Waals surface area (Å²) in [6, 6.07) is 0. The Bertz CT molecular complexity index is 532. The van der Waals surface area contributed by atoms with Crippen LogP contribution in [-0.2, 0) is 14.6 Å². The first-order chi connectivity index (χ1) is 19.0. The molecule has 0 saturated carbocycles. The molecule has 0 amide bonds. The fraction of sp³-hybridized carbons (Fsp3) is 1.00. The molecule has 0 aliphatic rings. The molecule has 0 heterocycles. The molecule has 0 aromatic carbocycles. The molecule has 0 radical (unpaired) electrons. The van der Waals surface area contributed by atoms with Gasteiger partial charge in [-0.3, -0.25) is 4.55 Å². The zero-order valence-electron chi connectivity index (χ0n) is 26.6. The zero-order valence-corrected chi connectivity index (χ0v) is 27.4. The Hall–Kier alpha value is -0.130. The van der Waals surface area contributed by atoms with Crippen molar-refractivity contribution in [1.82, 2.24) is 0 Å². The van der Waals surface area contributed by atoms with Gasteiger partial charge in [0.25, 0.3) is 0 Å². The van der Waals surface area contributed by atoms with Crippen molar-refractivity contribution in [2.24, 2.45) is 5.92 Å². The van der Waals surface area contributed by atoms with E-state index in [2.05, 4.69) is 13.8 Å². The van der Waals surface area contributed by atoms with E-state index < -0.39 is 10.4 Å². The van der Waals surface area contributed by atoms with Gasteiger partial charge in [-0.05, 0) is 18.8 Å². The van der Waals surface area contributed by atoms with E-state index in [0.717, 1.165) is 25.7 Å². The van der Waals surface area contributed by atoms with Gasteiger partial charge in [0.2, 0.25) is 0 Å². The van der Waals surface area contributed by atoms with E-state index in [1.54, 1.807) is 0 Å². The lowest BCUT2D eigenvalue weighted by atomic mass is 9.94. The molecular formula is C34H70O4S. The van der Waals surface area contributed by atoms with Crippen molar-refractivity contribution < 1.29 is 17.2 Å². The molecule has 0 atom stereocenters. The summed E-state index contributed by atoms with van der Waals surface area (Å²) in [5, 5.41) is 0. The van der Waals surface area contributed by atoms with Gasteiger partial charge in [0.15, 0.2) is 0 Å². The van der Waals surface area contributed by atoms with E-state index in [0.29, 0.717) is 0 Å². The summed E-state index contributed by atoms with van der Waals surface area (Å²) < 4.78 is 35.9. The summed E-state index contributed by atoms with van der Waals surface area (Å²) in [7, 11) is -4.34. The van der Waals surface area contributed by atoms with Crippen molar-refractivity contribution >= 4 is 10.4 Å². The second kappa shape index (κ2) is 30.8. The predicted octanol–water partition coefficient (Wildman–Crippen LogP) is 12.2. The fourth-order valence-electron chi connectivity index (χ4n) is 5.75. The quantitative estimate of drug-likeness (QED) is 0.0625. The first kappa shape index (κ1) is 38.9.